The van der Waals surface area contributed by atoms with E-state index in [0.29, 0.717) is 28.5 Å². The molecule has 0 aliphatic carbocycles. The first-order chi connectivity index (χ1) is 17.5. The third-order valence-corrected chi connectivity index (χ3v) is 6.46. The van der Waals surface area contributed by atoms with E-state index in [1.54, 1.807) is 42.5 Å². The summed E-state index contributed by atoms with van der Waals surface area (Å²) in [6, 6.07) is 28.5. The molecule has 178 valence electrons. The Labute approximate surface area is 216 Å². The van der Waals surface area contributed by atoms with Gasteiger partial charge in [0.15, 0.2) is 0 Å². The zero-order chi connectivity index (χ0) is 24.9. The summed E-state index contributed by atoms with van der Waals surface area (Å²) in [6.45, 7) is 0.430. The summed E-state index contributed by atoms with van der Waals surface area (Å²) in [5, 5.41) is 20.7. The Morgan fingerprint density at radius 1 is 0.944 bits per heavy atom. The number of halogens is 1. The van der Waals surface area contributed by atoms with Gasteiger partial charge in [0, 0.05) is 10.6 Å². The molecule has 6 nitrogen and oxygen atoms in total. The SMILES string of the molecule is O=C(O)/C(=C/c1ccc(OCc2cccc3ccccc23)cc1)Sc1nnc(-c2ccc(Cl)cc2)o1. The number of carbonyl (C=O) groups is 1. The first kappa shape index (κ1) is 23.7. The van der Waals surface area contributed by atoms with Crippen molar-refractivity contribution in [2.75, 3.05) is 0 Å². The van der Waals surface area contributed by atoms with Crippen LogP contribution in [-0.2, 0) is 11.4 Å². The molecule has 5 rings (SSSR count). The van der Waals surface area contributed by atoms with Gasteiger partial charge in [0.2, 0.25) is 5.89 Å². The summed E-state index contributed by atoms with van der Waals surface area (Å²) in [5.74, 6) is -0.122. The van der Waals surface area contributed by atoms with E-state index in [0.717, 1.165) is 22.7 Å². The summed E-state index contributed by atoms with van der Waals surface area (Å²) in [4.78, 5) is 11.9. The molecule has 0 spiro atoms. The molecule has 0 amide bonds. The predicted molar refractivity (Wildman–Crippen MR) is 141 cm³/mol. The summed E-state index contributed by atoms with van der Waals surface area (Å²) >= 11 is 6.80. The van der Waals surface area contributed by atoms with E-state index in [-0.39, 0.29) is 16.0 Å². The maximum Gasteiger partial charge on any atom is 0.342 e. The second-order valence-electron chi connectivity index (χ2n) is 7.79. The van der Waals surface area contributed by atoms with Gasteiger partial charge < -0.3 is 14.3 Å². The maximum absolute atomic E-state index is 11.8. The second kappa shape index (κ2) is 10.7. The molecule has 0 fully saturated rings. The molecule has 0 aliphatic rings. The minimum Gasteiger partial charge on any atom is -0.489 e. The number of fused-ring (bicyclic) bond motifs is 1. The number of aliphatic carboxylic acids is 1. The molecule has 0 atom stereocenters. The van der Waals surface area contributed by atoms with Crippen LogP contribution in [0.25, 0.3) is 28.3 Å². The Bertz CT molecular complexity index is 1540. The summed E-state index contributed by atoms with van der Waals surface area (Å²) in [7, 11) is 0. The molecule has 0 saturated heterocycles. The van der Waals surface area contributed by atoms with Crippen LogP contribution in [0.3, 0.4) is 0 Å². The highest BCUT2D eigenvalue weighted by Crippen LogP contribution is 2.31. The Hall–Kier alpha value is -4.07. The normalized spacial score (nSPS) is 11.5. The molecule has 0 radical (unpaired) electrons. The van der Waals surface area contributed by atoms with Gasteiger partial charge in [0.05, 0.1) is 0 Å². The number of nitrogens with zero attached hydrogens (tertiary/aromatic N) is 2. The number of carboxylic acids is 1. The zero-order valence-electron chi connectivity index (χ0n) is 18.8. The molecule has 36 heavy (non-hydrogen) atoms. The van der Waals surface area contributed by atoms with E-state index >= 15 is 0 Å². The van der Waals surface area contributed by atoms with Crippen LogP contribution in [0.2, 0.25) is 5.02 Å². The minimum absolute atomic E-state index is 0.0470. The number of rotatable bonds is 8. The van der Waals surface area contributed by atoms with Gasteiger partial charge in [-0.15, -0.1) is 10.2 Å². The van der Waals surface area contributed by atoms with Crippen LogP contribution in [0.5, 0.6) is 5.75 Å². The summed E-state index contributed by atoms with van der Waals surface area (Å²) in [6.07, 6.45) is 1.55. The molecule has 5 aromatic rings. The Kier molecular flexibility index (Phi) is 7.02. The number of aromatic nitrogens is 2. The number of benzene rings is 4. The number of thioether (sulfide) groups is 1. The molecule has 0 saturated carbocycles. The van der Waals surface area contributed by atoms with Crippen molar-refractivity contribution in [1.29, 1.82) is 0 Å². The lowest BCUT2D eigenvalue weighted by Gasteiger charge is -2.09. The Morgan fingerprint density at radius 2 is 1.69 bits per heavy atom. The average molecular weight is 515 g/mol. The first-order valence-corrected chi connectivity index (χ1v) is 12.2. The van der Waals surface area contributed by atoms with Crippen LogP contribution in [0.1, 0.15) is 11.1 Å². The van der Waals surface area contributed by atoms with Gasteiger partial charge in [-0.2, -0.15) is 0 Å². The van der Waals surface area contributed by atoms with Crippen LogP contribution < -0.4 is 4.74 Å². The molecule has 0 bridgehead atoms. The molecular formula is C28H19ClN2O4S. The van der Waals surface area contributed by atoms with Gasteiger partial charge in [0.25, 0.3) is 5.22 Å². The number of ether oxygens (including phenoxy) is 1. The first-order valence-electron chi connectivity index (χ1n) is 11.0. The molecular weight excluding hydrogens is 496 g/mol. The summed E-state index contributed by atoms with van der Waals surface area (Å²) in [5.41, 5.74) is 2.49. The van der Waals surface area contributed by atoms with E-state index in [4.69, 9.17) is 20.8 Å². The third kappa shape index (κ3) is 5.59. The quantitative estimate of drug-likeness (QED) is 0.171. The van der Waals surface area contributed by atoms with Crippen molar-refractivity contribution in [1.82, 2.24) is 10.2 Å². The van der Waals surface area contributed by atoms with Gasteiger partial charge in [-0.1, -0.05) is 66.2 Å². The number of hydrogen-bond donors (Lipinski definition) is 1. The largest absolute Gasteiger partial charge is 0.489 e. The van der Waals surface area contributed by atoms with Gasteiger partial charge >= 0.3 is 5.97 Å². The molecule has 4 aromatic carbocycles. The van der Waals surface area contributed by atoms with Crippen molar-refractivity contribution in [2.24, 2.45) is 0 Å². The third-order valence-electron chi connectivity index (χ3n) is 5.36. The van der Waals surface area contributed by atoms with Crippen LogP contribution in [0.4, 0.5) is 0 Å². The predicted octanol–water partition coefficient (Wildman–Crippen LogP) is 7.34. The molecule has 1 aromatic heterocycles. The van der Waals surface area contributed by atoms with Gasteiger partial charge in [-0.05, 0) is 76.1 Å². The van der Waals surface area contributed by atoms with Gasteiger partial charge in [-0.25, -0.2) is 4.79 Å². The lowest BCUT2D eigenvalue weighted by Crippen LogP contribution is -1.97. The van der Waals surface area contributed by atoms with Gasteiger partial charge in [-0.3, -0.25) is 0 Å². The minimum atomic E-state index is -1.09. The van der Waals surface area contributed by atoms with Crippen molar-refractivity contribution in [3.8, 4) is 17.2 Å². The Balaban J connectivity index is 1.27. The fourth-order valence-corrected chi connectivity index (χ4v) is 4.38. The van der Waals surface area contributed by atoms with Crippen LogP contribution in [0, 0.1) is 0 Å². The molecule has 1 heterocycles. The zero-order valence-corrected chi connectivity index (χ0v) is 20.4. The van der Waals surface area contributed by atoms with E-state index in [1.165, 1.54) is 5.39 Å². The Morgan fingerprint density at radius 3 is 2.47 bits per heavy atom. The molecule has 8 heteroatoms. The van der Waals surface area contributed by atoms with E-state index in [2.05, 4.69) is 28.4 Å². The van der Waals surface area contributed by atoms with Crippen LogP contribution in [0.15, 0.2) is 106 Å². The monoisotopic (exact) mass is 514 g/mol. The fourth-order valence-electron chi connectivity index (χ4n) is 3.58. The van der Waals surface area contributed by atoms with E-state index < -0.39 is 5.97 Å². The lowest BCUT2D eigenvalue weighted by molar-refractivity contribution is -0.131. The van der Waals surface area contributed by atoms with E-state index in [9.17, 15) is 9.90 Å². The van der Waals surface area contributed by atoms with Crippen molar-refractivity contribution in [2.45, 2.75) is 11.8 Å². The van der Waals surface area contributed by atoms with Crippen molar-refractivity contribution < 1.29 is 19.1 Å². The second-order valence-corrected chi connectivity index (χ2v) is 9.22. The van der Waals surface area contributed by atoms with Crippen molar-refractivity contribution in [3.63, 3.8) is 0 Å². The topological polar surface area (TPSA) is 85.5 Å². The average Bonchev–Trinajstić information content (AvgIpc) is 3.37. The molecule has 0 aliphatic heterocycles. The smallest absolute Gasteiger partial charge is 0.342 e. The number of carboxylic acid groups (broad SMARTS) is 1. The van der Waals surface area contributed by atoms with Crippen molar-refractivity contribution in [3.05, 3.63) is 112 Å². The van der Waals surface area contributed by atoms with Crippen molar-refractivity contribution >= 4 is 46.2 Å². The standard InChI is InChI=1S/C28H19ClN2O4S/c29-22-12-10-20(11-13-22)26-30-31-28(35-26)36-25(27(32)33)16-18-8-14-23(15-9-18)34-17-21-6-3-5-19-4-1-2-7-24(19)21/h1-16H,17H2,(H,32,33)/b25-16-. The van der Waals surface area contributed by atoms with Crippen LogP contribution in [-0.4, -0.2) is 21.3 Å². The highest BCUT2D eigenvalue weighted by molar-refractivity contribution is 8.03. The fraction of sp³-hybridized carbons (Fsp3) is 0.0357. The molecule has 1 N–H and O–H groups in total. The highest BCUT2D eigenvalue weighted by atomic mass is 35.5. The maximum atomic E-state index is 11.8. The van der Waals surface area contributed by atoms with Gasteiger partial charge in [0.1, 0.15) is 17.3 Å². The summed E-state index contributed by atoms with van der Waals surface area (Å²) < 4.78 is 11.6. The number of hydrogen-bond acceptors (Lipinski definition) is 6. The van der Waals surface area contributed by atoms with E-state index in [1.807, 2.05) is 36.4 Å². The van der Waals surface area contributed by atoms with Crippen LogP contribution >= 0.6 is 23.4 Å². The highest BCUT2D eigenvalue weighted by Gasteiger charge is 2.16. The molecule has 0 unspecified atom stereocenters. The lowest BCUT2D eigenvalue weighted by atomic mass is 10.1.